The van der Waals surface area contributed by atoms with Crippen molar-refractivity contribution in [1.82, 2.24) is 0 Å². The van der Waals surface area contributed by atoms with Crippen LogP contribution in [0.5, 0.6) is 0 Å². The van der Waals surface area contributed by atoms with Gasteiger partial charge in [0.2, 0.25) is 0 Å². The number of para-hydroxylation sites is 1. The van der Waals surface area contributed by atoms with Gasteiger partial charge in [-0.15, -0.1) is 0 Å². The Hall–Kier alpha value is -1.28. The van der Waals surface area contributed by atoms with Crippen LogP contribution in [0, 0.1) is 5.92 Å². The van der Waals surface area contributed by atoms with Gasteiger partial charge in [0.25, 0.3) is 0 Å². The maximum absolute atomic E-state index is 5.51. The minimum Gasteiger partial charge on any atom is -0.324 e. The van der Waals surface area contributed by atoms with Crippen molar-refractivity contribution in [3.8, 4) is 0 Å². The zero-order chi connectivity index (χ0) is 13.4. The Morgan fingerprint density at radius 3 is 2.67 bits per heavy atom. The van der Waals surface area contributed by atoms with Crippen LogP contribution < -0.4 is 11.3 Å². The molecule has 2 nitrogen and oxygen atoms in total. The molecule has 1 atom stereocenters. The number of allylic oxidation sites excluding steroid dienone is 2. The molecule has 1 aromatic carbocycles. The Bertz CT molecular complexity index is 378. The molecule has 0 aliphatic heterocycles. The van der Waals surface area contributed by atoms with Gasteiger partial charge in [0.1, 0.15) is 0 Å². The van der Waals surface area contributed by atoms with E-state index < -0.39 is 0 Å². The number of hydrazine groups is 1. The SMILES string of the molecule is CC(C)=CCCC(C)CCc1ccccc1NN. The molecule has 0 saturated heterocycles. The van der Waals surface area contributed by atoms with Gasteiger partial charge in [-0.25, -0.2) is 0 Å². The lowest BCUT2D eigenvalue weighted by Crippen LogP contribution is -2.09. The lowest BCUT2D eigenvalue weighted by Gasteiger charge is -2.12. The van der Waals surface area contributed by atoms with Gasteiger partial charge in [-0.1, -0.05) is 36.8 Å². The Kier molecular flexibility index (Phi) is 6.51. The molecular weight excluding hydrogens is 220 g/mol. The Labute approximate surface area is 111 Å². The highest BCUT2D eigenvalue weighted by molar-refractivity contribution is 5.49. The van der Waals surface area contributed by atoms with E-state index in [2.05, 4.69) is 44.4 Å². The summed E-state index contributed by atoms with van der Waals surface area (Å²) in [5.74, 6) is 6.27. The van der Waals surface area contributed by atoms with Crippen LogP contribution >= 0.6 is 0 Å². The predicted octanol–water partition coefficient (Wildman–Crippen LogP) is 4.29. The molecule has 1 unspecified atom stereocenters. The molecule has 0 aromatic heterocycles. The third-order valence-corrected chi connectivity index (χ3v) is 3.29. The first-order chi connectivity index (χ1) is 8.63. The van der Waals surface area contributed by atoms with Crippen LogP contribution in [-0.2, 0) is 6.42 Å². The number of benzene rings is 1. The summed E-state index contributed by atoms with van der Waals surface area (Å²) < 4.78 is 0. The smallest absolute Gasteiger partial charge is 0.0517 e. The number of aryl methyl sites for hydroxylation is 1. The monoisotopic (exact) mass is 246 g/mol. The number of hydrogen-bond donors (Lipinski definition) is 2. The maximum atomic E-state index is 5.51. The van der Waals surface area contributed by atoms with Gasteiger partial charge in [-0.05, 0) is 57.1 Å². The van der Waals surface area contributed by atoms with Crippen LogP contribution in [0.2, 0.25) is 0 Å². The first-order valence-corrected chi connectivity index (χ1v) is 6.81. The first kappa shape index (κ1) is 14.8. The largest absolute Gasteiger partial charge is 0.324 e. The van der Waals surface area contributed by atoms with E-state index in [9.17, 15) is 0 Å². The molecule has 18 heavy (non-hydrogen) atoms. The van der Waals surface area contributed by atoms with Gasteiger partial charge in [-0.2, -0.15) is 0 Å². The van der Waals surface area contributed by atoms with E-state index in [1.54, 1.807) is 0 Å². The molecule has 0 fully saturated rings. The molecule has 0 radical (unpaired) electrons. The minimum atomic E-state index is 0.756. The zero-order valence-electron chi connectivity index (χ0n) is 11.9. The van der Waals surface area contributed by atoms with E-state index >= 15 is 0 Å². The van der Waals surface area contributed by atoms with Crippen LogP contribution in [0.4, 0.5) is 5.69 Å². The summed E-state index contributed by atoms with van der Waals surface area (Å²) in [5.41, 5.74) is 6.55. The summed E-state index contributed by atoms with van der Waals surface area (Å²) >= 11 is 0. The molecule has 0 aliphatic carbocycles. The predicted molar refractivity (Wildman–Crippen MR) is 80.4 cm³/mol. The molecule has 0 spiro atoms. The van der Waals surface area contributed by atoms with E-state index in [-0.39, 0.29) is 0 Å². The summed E-state index contributed by atoms with van der Waals surface area (Å²) in [6.07, 6.45) is 7.10. The lowest BCUT2D eigenvalue weighted by atomic mass is 9.96. The van der Waals surface area contributed by atoms with E-state index in [1.165, 1.54) is 30.4 Å². The number of nitrogens with two attached hydrogens (primary N) is 1. The van der Waals surface area contributed by atoms with Crippen molar-refractivity contribution in [2.45, 2.75) is 46.5 Å². The molecular formula is C16H26N2. The summed E-state index contributed by atoms with van der Waals surface area (Å²) in [7, 11) is 0. The van der Waals surface area contributed by atoms with Gasteiger partial charge in [0.05, 0.1) is 5.69 Å². The quantitative estimate of drug-likeness (QED) is 0.428. The summed E-state index contributed by atoms with van der Waals surface area (Å²) in [6.45, 7) is 6.65. The second kappa shape index (κ2) is 7.93. The average Bonchev–Trinajstić information content (AvgIpc) is 2.36. The molecule has 1 aromatic rings. The third-order valence-electron chi connectivity index (χ3n) is 3.29. The fraction of sp³-hybridized carbons (Fsp3) is 0.500. The van der Waals surface area contributed by atoms with Gasteiger partial charge in [0.15, 0.2) is 0 Å². The van der Waals surface area contributed by atoms with Crippen LogP contribution in [-0.4, -0.2) is 0 Å². The number of hydrogen-bond acceptors (Lipinski definition) is 2. The second-order valence-electron chi connectivity index (χ2n) is 5.30. The zero-order valence-corrected chi connectivity index (χ0v) is 11.9. The first-order valence-electron chi connectivity index (χ1n) is 6.81. The average molecular weight is 246 g/mol. The highest BCUT2D eigenvalue weighted by Gasteiger charge is 2.04. The molecule has 0 aliphatic rings. The topological polar surface area (TPSA) is 38.0 Å². The summed E-state index contributed by atoms with van der Waals surface area (Å²) in [5, 5.41) is 0. The molecule has 1 rings (SSSR count). The standard InChI is InChI=1S/C16H26N2/c1-13(2)7-6-8-14(3)11-12-15-9-4-5-10-16(15)18-17/h4-5,7,9-10,14,18H,6,8,11-12,17H2,1-3H3. The van der Waals surface area contributed by atoms with Crippen molar-refractivity contribution in [3.05, 3.63) is 41.5 Å². The van der Waals surface area contributed by atoms with Crippen molar-refractivity contribution in [3.63, 3.8) is 0 Å². The number of rotatable bonds is 7. The van der Waals surface area contributed by atoms with E-state index in [0.29, 0.717) is 0 Å². The maximum Gasteiger partial charge on any atom is 0.0517 e. The van der Waals surface area contributed by atoms with Crippen molar-refractivity contribution in [1.29, 1.82) is 0 Å². The molecule has 0 heterocycles. The van der Waals surface area contributed by atoms with Gasteiger partial charge >= 0.3 is 0 Å². The molecule has 0 bridgehead atoms. The van der Waals surface area contributed by atoms with E-state index in [4.69, 9.17) is 5.84 Å². The Balaban J connectivity index is 2.37. The number of nitrogen functional groups attached to an aromatic ring is 1. The normalized spacial score (nSPS) is 12.0. The fourth-order valence-electron chi connectivity index (χ4n) is 2.08. The van der Waals surface area contributed by atoms with Crippen LogP contribution in [0.15, 0.2) is 35.9 Å². The van der Waals surface area contributed by atoms with Gasteiger partial charge < -0.3 is 5.43 Å². The van der Waals surface area contributed by atoms with Gasteiger partial charge in [-0.3, -0.25) is 5.84 Å². The Morgan fingerprint density at radius 2 is 2.00 bits per heavy atom. The highest BCUT2D eigenvalue weighted by atomic mass is 15.2. The highest BCUT2D eigenvalue weighted by Crippen LogP contribution is 2.20. The fourth-order valence-corrected chi connectivity index (χ4v) is 2.08. The lowest BCUT2D eigenvalue weighted by molar-refractivity contribution is 0.497. The summed E-state index contributed by atoms with van der Waals surface area (Å²) in [6, 6.07) is 8.27. The molecule has 3 N–H and O–H groups in total. The van der Waals surface area contributed by atoms with Crippen LogP contribution in [0.1, 0.15) is 45.6 Å². The number of anilines is 1. The molecule has 0 amide bonds. The molecule has 0 saturated carbocycles. The van der Waals surface area contributed by atoms with Crippen LogP contribution in [0.3, 0.4) is 0 Å². The minimum absolute atomic E-state index is 0.756. The van der Waals surface area contributed by atoms with Crippen molar-refractivity contribution < 1.29 is 0 Å². The molecule has 2 heteroatoms. The second-order valence-corrected chi connectivity index (χ2v) is 5.30. The number of nitrogens with one attached hydrogen (secondary N) is 1. The van der Waals surface area contributed by atoms with Crippen molar-refractivity contribution >= 4 is 5.69 Å². The molecule has 100 valence electrons. The third kappa shape index (κ3) is 5.37. The van der Waals surface area contributed by atoms with E-state index in [1.807, 2.05) is 12.1 Å². The van der Waals surface area contributed by atoms with Crippen molar-refractivity contribution in [2.24, 2.45) is 11.8 Å². The van der Waals surface area contributed by atoms with Crippen LogP contribution in [0.25, 0.3) is 0 Å². The van der Waals surface area contributed by atoms with Gasteiger partial charge in [0, 0.05) is 0 Å². The Morgan fingerprint density at radius 1 is 1.28 bits per heavy atom. The summed E-state index contributed by atoms with van der Waals surface area (Å²) in [4.78, 5) is 0. The van der Waals surface area contributed by atoms with Crippen molar-refractivity contribution in [2.75, 3.05) is 5.43 Å². The van der Waals surface area contributed by atoms with E-state index in [0.717, 1.165) is 18.0 Å².